The molecule has 1 rings (SSSR count). The second-order valence-corrected chi connectivity index (χ2v) is 6.10. The van der Waals surface area contributed by atoms with E-state index in [4.69, 9.17) is 0 Å². The Bertz CT molecular complexity index is 377. The first-order valence-corrected chi connectivity index (χ1v) is 6.95. The maximum Gasteiger partial charge on any atom is 0.224 e. The Labute approximate surface area is 94.7 Å². The van der Waals surface area contributed by atoms with E-state index in [0.717, 1.165) is 0 Å². The van der Waals surface area contributed by atoms with Gasteiger partial charge in [0.1, 0.15) is 0 Å². The number of carbonyl (C=O) groups is 2. The summed E-state index contributed by atoms with van der Waals surface area (Å²) in [5.41, 5.74) is 0. The Hall–Kier alpha value is -1.11. The van der Waals surface area contributed by atoms with Gasteiger partial charge in [-0.05, 0) is 6.42 Å². The normalized spacial score (nSPS) is 22.7. The molecule has 0 radical (unpaired) electrons. The van der Waals surface area contributed by atoms with E-state index in [9.17, 15) is 18.0 Å². The Morgan fingerprint density at radius 2 is 1.88 bits per heavy atom. The molecule has 1 saturated heterocycles. The Balaban J connectivity index is 2.24. The maximum absolute atomic E-state index is 11.5. The molecule has 0 aromatic heterocycles. The van der Waals surface area contributed by atoms with Crippen molar-refractivity contribution in [2.75, 3.05) is 24.6 Å². The van der Waals surface area contributed by atoms with Gasteiger partial charge in [0, 0.05) is 20.0 Å². The molecule has 1 aliphatic rings. The summed E-state index contributed by atoms with van der Waals surface area (Å²) in [7, 11) is -3.02. The lowest BCUT2D eigenvalue weighted by atomic mass is 10.1. The fourth-order valence-electron chi connectivity index (χ4n) is 1.57. The summed E-state index contributed by atoms with van der Waals surface area (Å²) in [4.78, 5) is 22.0. The zero-order chi connectivity index (χ0) is 12.2. The second kappa shape index (κ2) is 5.29. The third-order valence-corrected chi connectivity index (χ3v) is 4.17. The van der Waals surface area contributed by atoms with Gasteiger partial charge in [0.25, 0.3) is 0 Å². The summed E-state index contributed by atoms with van der Waals surface area (Å²) in [6, 6.07) is 0. The van der Waals surface area contributed by atoms with E-state index < -0.39 is 15.8 Å². The number of sulfone groups is 1. The molecule has 16 heavy (non-hydrogen) atoms. The van der Waals surface area contributed by atoms with E-state index in [1.807, 2.05) is 0 Å². The lowest BCUT2D eigenvalue weighted by molar-refractivity contribution is -0.124. The minimum atomic E-state index is -3.02. The average Bonchev–Trinajstić information content (AvgIpc) is 2.53. The molecule has 0 aromatic rings. The first kappa shape index (κ1) is 13.0. The van der Waals surface area contributed by atoms with Gasteiger partial charge < -0.3 is 10.6 Å². The molecular formula is C9H16N2O4S. The summed E-state index contributed by atoms with van der Waals surface area (Å²) in [6.07, 6.45) is 0.397. The third-order valence-electron chi connectivity index (χ3n) is 2.40. The van der Waals surface area contributed by atoms with Crippen molar-refractivity contribution in [3.8, 4) is 0 Å². The topological polar surface area (TPSA) is 92.3 Å². The molecule has 7 heteroatoms. The predicted octanol–water partition coefficient (Wildman–Crippen LogP) is -1.33. The molecule has 0 aromatic carbocycles. The first-order chi connectivity index (χ1) is 7.41. The molecule has 2 amide bonds. The average molecular weight is 248 g/mol. The predicted molar refractivity (Wildman–Crippen MR) is 58.5 cm³/mol. The maximum atomic E-state index is 11.5. The minimum absolute atomic E-state index is 0.0566. The number of carbonyl (C=O) groups excluding carboxylic acids is 2. The number of hydrogen-bond donors (Lipinski definition) is 2. The van der Waals surface area contributed by atoms with E-state index in [1.54, 1.807) is 0 Å². The lowest BCUT2D eigenvalue weighted by Crippen LogP contribution is -2.37. The van der Waals surface area contributed by atoms with Crippen molar-refractivity contribution in [1.29, 1.82) is 0 Å². The van der Waals surface area contributed by atoms with Crippen molar-refractivity contribution < 1.29 is 18.0 Å². The van der Waals surface area contributed by atoms with Crippen LogP contribution in [0, 0.1) is 5.92 Å². The number of rotatable bonds is 4. The van der Waals surface area contributed by atoms with E-state index in [1.165, 1.54) is 6.92 Å². The van der Waals surface area contributed by atoms with Gasteiger partial charge >= 0.3 is 0 Å². The Kier molecular flexibility index (Phi) is 4.28. The van der Waals surface area contributed by atoms with Crippen LogP contribution in [0.4, 0.5) is 0 Å². The highest BCUT2D eigenvalue weighted by molar-refractivity contribution is 7.91. The van der Waals surface area contributed by atoms with Crippen molar-refractivity contribution in [3.05, 3.63) is 0 Å². The highest BCUT2D eigenvalue weighted by Crippen LogP contribution is 2.17. The van der Waals surface area contributed by atoms with Gasteiger partial charge in [-0.15, -0.1) is 0 Å². The quantitative estimate of drug-likeness (QED) is 0.603. The SMILES string of the molecule is CC(=O)NCCNC(=O)C1CCS(=O)(=O)C1. The van der Waals surface area contributed by atoms with Crippen LogP contribution in [0.3, 0.4) is 0 Å². The van der Waals surface area contributed by atoms with Gasteiger partial charge in [-0.3, -0.25) is 9.59 Å². The molecule has 0 aliphatic carbocycles. The summed E-state index contributed by atoms with van der Waals surface area (Å²) in [6.45, 7) is 2.08. The van der Waals surface area contributed by atoms with Crippen LogP contribution >= 0.6 is 0 Å². The zero-order valence-corrected chi connectivity index (χ0v) is 9.97. The molecule has 1 unspecified atom stereocenters. The fourth-order valence-corrected chi connectivity index (χ4v) is 3.31. The molecule has 92 valence electrons. The van der Waals surface area contributed by atoms with Crippen LogP contribution in [0.15, 0.2) is 0 Å². The third kappa shape index (κ3) is 4.18. The van der Waals surface area contributed by atoms with Gasteiger partial charge in [-0.25, -0.2) is 8.42 Å². The smallest absolute Gasteiger partial charge is 0.224 e. The highest BCUT2D eigenvalue weighted by atomic mass is 32.2. The molecule has 0 bridgehead atoms. The fraction of sp³-hybridized carbons (Fsp3) is 0.778. The number of hydrogen-bond acceptors (Lipinski definition) is 4. The number of amides is 2. The molecule has 1 aliphatic heterocycles. The molecule has 2 N–H and O–H groups in total. The highest BCUT2D eigenvalue weighted by Gasteiger charge is 2.32. The van der Waals surface area contributed by atoms with Gasteiger partial charge in [0.05, 0.1) is 17.4 Å². The summed E-state index contributed by atoms with van der Waals surface area (Å²) in [5.74, 6) is -0.790. The van der Waals surface area contributed by atoms with Crippen LogP contribution in [-0.4, -0.2) is 44.8 Å². The van der Waals surface area contributed by atoms with Crippen LogP contribution in [-0.2, 0) is 19.4 Å². The van der Waals surface area contributed by atoms with Crippen molar-refractivity contribution in [1.82, 2.24) is 10.6 Å². The van der Waals surface area contributed by atoms with Gasteiger partial charge in [-0.1, -0.05) is 0 Å². The number of nitrogens with one attached hydrogen (secondary N) is 2. The van der Waals surface area contributed by atoms with E-state index in [2.05, 4.69) is 10.6 Å². The van der Waals surface area contributed by atoms with Gasteiger partial charge in [0.15, 0.2) is 9.84 Å². The van der Waals surface area contributed by atoms with Crippen molar-refractivity contribution in [2.45, 2.75) is 13.3 Å². The van der Waals surface area contributed by atoms with Crippen LogP contribution in [0.2, 0.25) is 0 Å². The molecule has 6 nitrogen and oxygen atoms in total. The molecule has 1 atom stereocenters. The van der Waals surface area contributed by atoms with E-state index in [0.29, 0.717) is 19.5 Å². The monoisotopic (exact) mass is 248 g/mol. The van der Waals surface area contributed by atoms with Crippen molar-refractivity contribution in [2.24, 2.45) is 5.92 Å². The molecular weight excluding hydrogens is 232 g/mol. The molecule has 1 fully saturated rings. The Morgan fingerprint density at radius 1 is 1.25 bits per heavy atom. The Morgan fingerprint density at radius 3 is 2.38 bits per heavy atom. The summed E-state index contributed by atoms with van der Waals surface area (Å²) >= 11 is 0. The summed E-state index contributed by atoms with van der Waals surface area (Å²) in [5, 5.41) is 5.14. The molecule has 0 saturated carbocycles. The van der Waals surface area contributed by atoms with Crippen molar-refractivity contribution in [3.63, 3.8) is 0 Å². The molecule has 1 heterocycles. The van der Waals surface area contributed by atoms with Gasteiger partial charge in [0.2, 0.25) is 11.8 Å². The van der Waals surface area contributed by atoms with Gasteiger partial charge in [-0.2, -0.15) is 0 Å². The summed E-state index contributed by atoms with van der Waals surface area (Å²) < 4.78 is 22.3. The second-order valence-electron chi connectivity index (χ2n) is 3.87. The van der Waals surface area contributed by atoms with Crippen LogP contribution < -0.4 is 10.6 Å². The molecule has 0 spiro atoms. The van der Waals surface area contributed by atoms with Crippen molar-refractivity contribution >= 4 is 21.7 Å². The van der Waals surface area contributed by atoms with Crippen LogP contribution in [0.5, 0.6) is 0 Å². The largest absolute Gasteiger partial charge is 0.355 e. The van der Waals surface area contributed by atoms with Crippen LogP contribution in [0.1, 0.15) is 13.3 Å². The van der Waals surface area contributed by atoms with Crippen LogP contribution in [0.25, 0.3) is 0 Å². The van der Waals surface area contributed by atoms with E-state index in [-0.39, 0.29) is 23.3 Å². The minimum Gasteiger partial charge on any atom is -0.355 e. The van der Waals surface area contributed by atoms with E-state index >= 15 is 0 Å². The standard InChI is InChI=1S/C9H16N2O4S/c1-7(12)10-3-4-11-9(13)8-2-5-16(14,15)6-8/h8H,2-6H2,1H3,(H,10,12)(H,11,13). The zero-order valence-electron chi connectivity index (χ0n) is 9.15. The first-order valence-electron chi connectivity index (χ1n) is 5.13. The lowest BCUT2D eigenvalue weighted by Gasteiger charge is -2.09.